The molecular weight excluding hydrogens is 304 g/mol. The van der Waals surface area contributed by atoms with Crippen LogP contribution in [0.5, 0.6) is 0 Å². The molecule has 1 aliphatic heterocycles. The molecule has 0 saturated heterocycles. The number of hydrazone groups is 1. The van der Waals surface area contributed by atoms with Crippen molar-refractivity contribution in [1.82, 2.24) is 20.2 Å². The highest BCUT2D eigenvalue weighted by molar-refractivity contribution is 5.81. The van der Waals surface area contributed by atoms with Gasteiger partial charge in [-0.3, -0.25) is 4.79 Å². The number of carbonyl (C=O) groups excluding carboxylic acids is 1. The summed E-state index contributed by atoms with van der Waals surface area (Å²) in [5.74, 6) is -0.252. The molecule has 2 heterocycles. The molecule has 124 valence electrons. The second-order valence-corrected chi connectivity index (χ2v) is 6.16. The topological polar surface area (TPSA) is 75.4 Å². The number of carbonyl (C=O) groups is 1. The Morgan fingerprint density at radius 3 is 2.88 bits per heavy atom. The Balaban J connectivity index is 1.67. The molecule has 0 radical (unpaired) electrons. The number of allylic oxidation sites excluding steroid dienone is 2. The predicted octanol–water partition coefficient (Wildman–Crippen LogP) is 1.69. The summed E-state index contributed by atoms with van der Waals surface area (Å²) in [5, 5.41) is 7.86. The van der Waals surface area contributed by atoms with E-state index in [4.69, 9.17) is 0 Å². The summed E-state index contributed by atoms with van der Waals surface area (Å²) in [6.45, 7) is 4.45. The van der Waals surface area contributed by atoms with E-state index in [1.54, 1.807) is 6.21 Å². The van der Waals surface area contributed by atoms with Crippen molar-refractivity contribution in [3.8, 4) is 0 Å². The van der Waals surface area contributed by atoms with Gasteiger partial charge in [-0.15, -0.1) is 0 Å². The second kappa shape index (κ2) is 6.27. The number of benzene rings is 1. The van der Waals surface area contributed by atoms with E-state index in [1.165, 1.54) is 28.6 Å². The average Bonchev–Trinajstić information content (AvgIpc) is 3.12. The first-order valence-electron chi connectivity index (χ1n) is 7.68. The summed E-state index contributed by atoms with van der Waals surface area (Å²) in [6, 6.07) is 8.33. The van der Waals surface area contributed by atoms with Gasteiger partial charge in [0.25, 0.3) is 5.91 Å². The number of fused-ring (bicyclic) bond motifs is 1. The molecule has 1 aromatic heterocycles. The van der Waals surface area contributed by atoms with Gasteiger partial charge in [-0.1, -0.05) is 32.0 Å². The molecule has 0 atom stereocenters. The number of likely N-dealkylation sites (N-methyl/N-ethyl adjacent to an activating group) is 1. The summed E-state index contributed by atoms with van der Waals surface area (Å²) in [7, 11) is 2.04. The average molecular weight is 324 g/mol. The van der Waals surface area contributed by atoms with Crippen LogP contribution >= 0.6 is 0 Å². The van der Waals surface area contributed by atoms with Crippen molar-refractivity contribution in [2.45, 2.75) is 25.8 Å². The smallest absolute Gasteiger partial charge is 0.261 e. The zero-order valence-corrected chi connectivity index (χ0v) is 14.0. The molecule has 1 N–H and O–H groups in total. The fourth-order valence-electron chi connectivity index (χ4n) is 3.02. The first-order chi connectivity index (χ1) is 11.5. The van der Waals surface area contributed by atoms with Crippen LogP contribution in [-0.2, 0) is 16.8 Å². The summed E-state index contributed by atoms with van der Waals surface area (Å²) in [6.07, 6.45) is 6.41. The van der Waals surface area contributed by atoms with Crippen LogP contribution in [0.15, 0.2) is 53.8 Å². The molecule has 0 bridgehead atoms. The zero-order valence-electron chi connectivity index (χ0n) is 14.0. The summed E-state index contributed by atoms with van der Waals surface area (Å²) in [4.78, 5) is 17.7. The van der Waals surface area contributed by atoms with Crippen LogP contribution in [-0.4, -0.2) is 33.9 Å². The summed E-state index contributed by atoms with van der Waals surface area (Å²) >= 11 is 0. The first kappa shape index (κ1) is 15.9. The van der Waals surface area contributed by atoms with E-state index in [2.05, 4.69) is 57.6 Å². The molecule has 0 spiro atoms. The van der Waals surface area contributed by atoms with Crippen LogP contribution in [0.1, 0.15) is 19.4 Å². The summed E-state index contributed by atoms with van der Waals surface area (Å²) < 4.78 is 1.44. The highest BCUT2D eigenvalue weighted by Crippen LogP contribution is 2.46. The van der Waals surface area contributed by atoms with Crippen LogP contribution in [0.3, 0.4) is 0 Å². The molecule has 0 saturated carbocycles. The quantitative estimate of drug-likeness (QED) is 0.686. The Morgan fingerprint density at radius 1 is 1.38 bits per heavy atom. The number of hydrogen-bond donors (Lipinski definition) is 1. The SMILES string of the molecule is CN1/C(=C/C=N\NC(=O)Cn2cncn2)C(C)(C)c2ccccc21. The lowest BCUT2D eigenvalue weighted by Gasteiger charge is -2.23. The molecule has 3 rings (SSSR count). The lowest BCUT2D eigenvalue weighted by Crippen LogP contribution is -2.24. The van der Waals surface area contributed by atoms with E-state index in [-0.39, 0.29) is 17.9 Å². The number of amides is 1. The van der Waals surface area contributed by atoms with Gasteiger partial charge in [0.15, 0.2) is 0 Å². The van der Waals surface area contributed by atoms with Gasteiger partial charge in [0, 0.05) is 30.1 Å². The van der Waals surface area contributed by atoms with Crippen LogP contribution in [0.4, 0.5) is 5.69 Å². The van der Waals surface area contributed by atoms with Gasteiger partial charge in [-0.05, 0) is 17.7 Å². The molecule has 0 aliphatic carbocycles. The second-order valence-electron chi connectivity index (χ2n) is 6.16. The normalized spacial score (nSPS) is 17.5. The number of nitrogens with one attached hydrogen (secondary N) is 1. The Morgan fingerprint density at radius 2 is 2.17 bits per heavy atom. The highest BCUT2D eigenvalue weighted by Gasteiger charge is 2.37. The zero-order chi connectivity index (χ0) is 17.2. The van der Waals surface area contributed by atoms with Gasteiger partial charge >= 0.3 is 0 Å². The molecule has 24 heavy (non-hydrogen) atoms. The summed E-state index contributed by atoms with van der Waals surface area (Å²) in [5.41, 5.74) is 5.97. The first-order valence-corrected chi connectivity index (χ1v) is 7.68. The van der Waals surface area contributed by atoms with Gasteiger partial charge < -0.3 is 4.90 Å². The maximum absolute atomic E-state index is 11.7. The van der Waals surface area contributed by atoms with Crippen LogP contribution in [0.25, 0.3) is 0 Å². The van der Waals surface area contributed by atoms with E-state index in [0.717, 1.165) is 5.70 Å². The number of rotatable bonds is 4. The van der Waals surface area contributed by atoms with E-state index in [1.807, 2.05) is 19.2 Å². The Bertz CT molecular complexity index is 791. The lowest BCUT2D eigenvalue weighted by molar-refractivity contribution is -0.121. The molecule has 2 aromatic rings. The molecule has 1 aromatic carbocycles. The maximum atomic E-state index is 11.7. The Hall–Kier alpha value is -2.96. The van der Waals surface area contributed by atoms with Crippen molar-refractivity contribution in [3.63, 3.8) is 0 Å². The predicted molar refractivity (Wildman–Crippen MR) is 92.6 cm³/mol. The van der Waals surface area contributed by atoms with Gasteiger partial charge in [-0.2, -0.15) is 10.2 Å². The number of anilines is 1. The van der Waals surface area contributed by atoms with E-state index in [9.17, 15) is 4.79 Å². The minimum atomic E-state index is -0.252. The number of nitrogens with zero attached hydrogens (tertiary/aromatic N) is 5. The Labute approximate surface area is 140 Å². The van der Waals surface area contributed by atoms with Crippen molar-refractivity contribution in [2.75, 3.05) is 11.9 Å². The monoisotopic (exact) mass is 324 g/mol. The highest BCUT2D eigenvalue weighted by atomic mass is 16.2. The van der Waals surface area contributed by atoms with E-state index < -0.39 is 0 Å². The number of hydrogen-bond acceptors (Lipinski definition) is 5. The number of para-hydroxylation sites is 1. The molecular formula is C17H20N6O. The van der Waals surface area contributed by atoms with Crippen molar-refractivity contribution in [2.24, 2.45) is 5.10 Å². The van der Waals surface area contributed by atoms with Gasteiger partial charge in [0.05, 0.1) is 0 Å². The molecule has 0 unspecified atom stereocenters. The van der Waals surface area contributed by atoms with Crippen molar-refractivity contribution >= 4 is 17.8 Å². The third-order valence-electron chi connectivity index (χ3n) is 4.21. The fraction of sp³-hybridized carbons (Fsp3) is 0.294. The third kappa shape index (κ3) is 2.92. The Kier molecular flexibility index (Phi) is 4.16. The maximum Gasteiger partial charge on any atom is 0.261 e. The van der Waals surface area contributed by atoms with Crippen LogP contribution < -0.4 is 10.3 Å². The largest absolute Gasteiger partial charge is 0.347 e. The molecule has 0 fully saturated rings. The van der Waals surface area contributed by atoms with E-state index >= 15 is 0 Å². The van der Waals surface area contributed by atoms with Crippen molar-refractivity contribution in [3.05, 3.63) is 54.3 Å². The molecule has 7 nitrogen and oxygen atoms in total. The number of aromatic nitrogens is 3. The van der Waals surface area contributed by atoms with Crippen molar-refractivity contribution < 1.29 is 4.79 Å². The van der Waals surface area contributed by atoms with Gasteiger partial charge in [0.2, 0.25) is 0 Å². The van der Waals surface area contributed by atoms with E-state index in [0.29, 0.717) is 0 Å². The molecule has 7 heteroatoms. The van der Waals surface area contributed by atoms with Crippen LogP contribution in [0, 0.1) is 0 Å². The van der Waals surface area contributed by atoms with Crippen molar-refractivity contribution in [1.29, 1.82) is 0 Å². The minimum absolute atomic E-state index is 0.0880. The fourth-order valence-corrected chi connectivity index (χ4v) is 3.02. The standard InChI is InChI=1S/C17H20N6O/c1-17(2)13-6-4-5-7-14(13)22(3)15(17)8-9-19-21-16(24)10-23-12-18-11-20-23/h4-9,11-12H,10H2,1-3H3,(H,21,24)/b15-8+,19-9-. The lowest BCUT2D eigenvalue weighted by atomic mass is 9.84. The third-order valence-corrected chi connectivity index (χ3v) is 4.21. The van der Waals surface area contributed by atoms with Gasteiger partial charge in [0.1, 0.15) is 19.2 Å². The van der Waals surface area contributed by atoms with Crippen LogP contribution in [0.2, 0.25) is 0 Å². The minimum Gasteiger partial charge on any atom is -0.347 e. The molecule has 1 aliphatic rings. The van der Waals surface area contributed by atoms with Gasteiger partial charge in [-0.25, -0.2) is 15.1 Å². The molecule has 1 amide bonds.